The lowest BCUT2D eigenvalue weighted by atomic mass is 9.82. The van der Waals surface area contributed by atoms with Gasteiger partial charge in [0.15, 0.2) is 11.6 Å². The van der Waals surface area contributed by atoms with Crippen molar-refractivity contribution in [2.45, 2.75) is 45.1 Å². The summed E-state index contributed by atoms with van der Waals surface area (Å²) in [6, 6.07) is 1.45. The molecule has 0 saturated heterocycles. The minimum Gasteiger partial charge on any atom is -0.310 e. The molecule has 4 heteroatoms. The van der Waals surface area contributed by atoms with Gasteiger partial charge in [-0.3, -0.25) is 0 Å². The van der Waals surface area contributed by atoms with E-state index in [1.807, 2.05) is 6.92 Å². The molecule has 0 aromatic heterocycles. The Balaban J connectivity index is 1.79. The highest BCUT2D eigenvalue weighted by atomic mass is 19.2. The molecule has 0 spiro atoms. The van der Waals surface area contributed by atoms with E-state index in [4.69, 9.17) is 0 Å². The molecule has 0 radical (unpaired) electrons. The molecular weight excluding hydrogens is 275 g/mol. The van der Waals surface area contributed by atoms with E-state index in [1.165, 1.54) is 25.7 Å². The van der Waals surface area contributed by atoms with Crippen LogP contribution in [0.2, 0.25) is 0 Å². The fourth-order valence-electron chi connectivity index (χ4n) is 4.34. The number of rotatable bonds is 5. The van der Waals surface area contributed by atoms with E-state index in [-0.39, 0.29) is 11.6 Å². The molecule has 4 unspecified atom stereocenters. The molecule has 2 aliphatic rings. The highest BCUT2D eigenvalue weighted by molar-refractivity contribution is 5.24. The summed E-state index contributed by atoms with van der Waals surface area (Å²) in [5.74, 6) is -0.585. The zero-order chi connectivity index (χ0) is 15.0. The molecular formula is C17H22F3N. The number of hydrogen-bond donors (Lipinski definition) is 1. The van der Waals surface area contributed by atoms with Gasteiger partial charge in [-0.2, -0.15) is 0 Å². The van der Waals surface area contributed by atoms with E-state index in [0.717, 1.165) is 24.3 Å². The maximum atomic E-state index is 14.0. The smallest absolute Gasteiger partial charge is 0.161 e. The van der Waals surface area contributed by atoms with E-state index in [2.05, 4.69) is 5.32 Å². The van der Waals surface area contributed by atoms with Crippen molar-refractivity contribution >= 4 is 0 Å². The summed E-state index contributed by atoms with van der Waals surface area (Å²) in [5, 5.41) is 3.24. The number of nitrogens with one attached hydrogen (secondary N) is 1. The largest absolute Gasteiger partial charge is 0.310 e. The van der Waals surface area contributed by atoms with Crippen LogP contribution in [0.5, 0.6) is 0 Å². The first kappa shape index (κ1) is 14.9. The molecule has 2 bridgehead atoms. The van der Waals surface area contributed by atoms with Crippen LogP contribution < -0.4 is 5.32 Å². The Bertz CT molecular complexity index is 517. The lowest BCUT2D eigenvalue weighted by Crippen LogP contribution is -2.26. The molecule has 116 valence electrons. The van der Waals surface area contributed by atoms with Crippen LogP contribution in [-0.4, -0.2) is 6.54 Å². The fourth-order valence-corrected chi connectivity index (χ4v) is 4.34. The van der Waals surface area contributed by atoms with Crippen LogP contribution in [0.15, 0.2) is 12.1 Å². The maximum Gasteiger partial charge on any atom is 0.161 e. The van der Waals surface area contributed by atoms with Crippen molar-refractivity contribution in [3.63, 3.8) is 0 Å². The molecule has 1 nitrogen and oxygen atoms in total. The molecule has 2 saturated carbocycles. The first-order chi connectivity index (χ1) is 10.1. The second kappa shape index (κ2) is 5.99. The number of benzene rings is 1. The van der Waals surface area contributed by atoms with E-state index >= 15 is 0 Å². The summed E-state index contributed by atoms with van der Waals surface area (Å²) >= 11 is 0. The quantitative estimate of drug-likeness (QED) is 0.784. The SMILES string of the molecule is CCNC(CC1CC2CCC1C2)c1cc(F)c(F)cc1F. The van der Waals surface area contributed by atoms with Gasteiger partial charge in [-0.15, -0.1) is 0 Å². The lowest BCUT2D eigenvalue weighted by molar-refractivity contribution is 0.277. The Morgan fingerprint density at radius 3 is 2.48 bits per heavy atom. The van der Waals surface area contributed by atoms with Crippen molar-refractivity contribution < 1.29 is 13.2 Å². The van der Waals surface area contributed by atoms with Crippen molar-refractivity contribution in [1.82, 2.24) is 5.32 Å². The Morgan fingerprint density at radius 2 is 1.86 bits per heavy atom. The maximum absolute atomic E-state index is 14.0. The molecule has 0 heterocycles. The summed E-state index contributed by atoms with van der Waals surface area (Å²) in [4.78, 5) is 0. The van der Waals surface area contributed by atoms with E-state index in [1.54, 1.807) is 0 Å². The van der Waals surface area contributed by atoms with Crippen LogP contribution in [0.25, 0.3) is 0 Å². The van der Waals surface area contributed by atoms with Crippen LogP contribution in [0, 0.1) is 35.2 Å². The third kappa shape index (κ3) is 2.96. The first-order valence-corrected chi connectivity index (χ1v) is 7.96. The van der Waals surface area contributed by atoms with Gasteiger partial charge in [0.2, 0.25) is 0 Å². The van der Waals surface area contributed by atoms with Gasteiger partial charge in [-0.1, -0.05) is 13.3 Å². The molecule has 1 N–H and O–H groups in total. The standard InChI is InChI=1S/C17H22F3N/c1-2-21-17(7-12-6-10-3-4-11(12)5-10)13-8-15(19)16(20)9-14(13)18/h8-12,17,21H,2-7H2,1H3. The Morgan fingerprint density at radius 1 is 1.10 bits per heavy atom. The van der Waals surface area contributed by atoms with Crippen LogP contribution >= 0.6 is 0 Å². The molecule has 2 fully saturated rings. The van der Waals surface area contributed by atoms with Crippen molar-refractivity contribution in [3.8, 4) is 0 Å². The van der Waals surface area contributed by atoms with Crippen LogP contribution in [-0.2, 0) is 0 Å². The van der Waals surface area contributed by atoms with Gasteiger partial charge in [-0.25, -0.2) is 13.2 Å². The van der Waals surface area contributed by atoms with Gasteiger partial charge < -0.3 is 5.32 Å². The summed E-state index contributed by atoms with van der Waals surface area (Å²) in [7, 11) is 0. The van der Waals surface area contributed by atoms with Gasteiger partial charge in [-0.05, 0) is 56.0 Å². The van der Waals surface area contributed by atoms with E-state index in [0.29, 0.717) is 18.5 Å². The predicted molar refractivity (Wildman–Crippen MR) is 76.3 cm³/mol. The minimum atomic E-state index is -1.12. The molecule has 21 heavy (non-hydrogen) atoms. The fraction of sp³-hybridized carbons (Fsp3) is 0.647. The first-order valence-electron chi connectivity index (χ1n) is 7.96. The Kier molecular flexibility index (Phi) is 4.25. The van der Waals surface area contributed by atoms with Crippen molar-refractivity contribution in [2.75, 3.05) is 6.54 Å². The summed E-state index contributed by atoms with van der Waals surface area (Å²) in [5.41, 5.74) is 0.263. The lowest BCUT2D eigenvalue weighted by Gasteiger charge is -2.27. The van der Waals surface area contributed by atoms with Gasteiger partial charge in [0.05, 0.1) is 0 Å². The van der Waals surface area contributed by atoms with Gasteiger partial charge in [0.25, 0.3) is 0 Å². The van der Waals surface area contributed by atoms with Crippen LogP contribution in [0.3, 0.4) is 0 Å². The molecule has 0 amide bonds. The second-order valence-electron chi connectivity index (χ2n) is 6.57. The average molecular weight is 297 g/mol. The summed E-state index contributed by atoms with van der Waals surface area (Å²) in [6.07, 6.45) is 5.92. The number of fused-ring (bicyclic) bond motifs is 2. The normalized spacial score (nSPS) is 29.0. The Labute approximate surface area is 123 Å². The predicted octanol–water partition coefficient (Wildman–Crippen LogP) is 4.58. The second-order valence-corrected chi connectivity index (χ2v) is 6.57. The third-order valence-corrected chi connectivity index (χ3v) is 5.29. The summed E-state index contributed by atoms with van der Waals surface area (Å²) in [6.45, 7) is 2.63. The molecule has 1 aromatic carbocycles. The third-order valence-electron chi connectivity index (χ3n) is 5.29. The Hall–Kier alpha value is -1.03. The number of halogens is 3. The van der Waals surface area contributed by atoms with E-state index < -0.39 is 17.5 Å². The van der Waals surface area contributed by atoms with Crippen molar-refractivity contribution in [2.24, 2.45) is 17.8 Å². The van der Waals surface area contributed by atoms with Gasteiger partial charge >= 0.3 is 0 Å². The molecule has 1 aromatic rings. The zero-order valence-corrected chi connectivity index (χ0v) is 12.3. The highest BCUT2D eigenvalue weighted by Gasteiger charge is 2.40. The summed E-state index contributed by atoms with van der Waals surface area (Å²) < 4.78 is 40.6. The van der Waals surface area contributed by atoms with Crippen LogP contribution in [0.4, 0.5) is 13.2 Å². The van der Waals surface area contributed by atoms with Crippen LogP contribution in [0.1, 0.15) is 50.6 Å². The van der Waals surface area contributed by atoms with Gasteiger partial charge in [0, 0.05) is 17.7 Å². The highest BCUT2D eigenvalue weighted by Crippen LogP contribution is 2.51. The molecule has 3 rings (SSSR count). The molecule has 0 aliphatic heterocycles. The molecule has 2 aliphatic carbocycles. The van der Waals surface area contributed by atoms with Gasteiger partial charge in [0.1, 0.15) is 5.82 Å². The average Bonchev–Trinajstić information content (AvgIpc) is 3.05. The number of hydrogen-bond acceptors (Lipinski definition) is 1. The minimum absolute atomic E-state index is 0.227. The molecule has 4 atom stereocenters. The van der Waals surface area contributed by atoms with E-state index in [9.17, 15) is 13.2 Å². The van der Waals surface area contributed by atoms with Crippen molar-refractivity contribution in [3.05, 3.63) is 35.1 Å². The van der Waals surface area contributed by atoms with Crippen molar-refractivity contribution in [1.29, 1.82) is 0 Å². The zero-order valence-electron chi connectivity index (χ0n) is 12.3. The topological polar surface area (TPSA) is 12.0 Å². The monoisotopic (exact) mass is 297 g/mol.